The van der Waals surface area contributed by atoms with Gasteiger partial charge < -0.3 is 5.32 Å². The lowest BCUT2D eigenvalue weighted by Crippen LogP contribution is -2.36. The smallest absolute Gasteiger partial charge is 0.0457 e. The number of hydrogen-bond donors (Lipinski definition) is 1. The monoisotopic (exact) mass is 262 g/mol. The third-order valence-corrected chi connectivity index (χ3v) is 3.14. The van der Waals surface area contributed by atoms with Crippen molar-refractivity contribution in [2.24, 2.45) is 0 Å². The van der Waals surface area contributed by atoms with Gasteiger partial charge in [-0.25, -0.2) is 0 Å². The number of pyridine rings is 1. The molecule has 2 heteroatoms. The molecule has 0 saturated heterocycles. The first kappa shape index (κ1) is 16.2. The summed E-state index contributed by atoms with van der Waals surface area (Å²) in [5.41, 5.74) is 2.90. The van der Waals surface area contributed by atoms with Gasteiger partial charge in [0.2, 0.25) is 0 Å². The standard InChI is InChI=1S/C17H30N2/c1-16(2,3)15-11-10-14(13-18-15)9-7-8-12-19-17(4,5)6/h10-11,13,19H,7-9,12H2,1-6H3. The Morgan fingerprint density at radius 1 is 1.00 bits per heavy atom. The molecule has 1 aromatic rings. The van der Waals surface area contributed by atoms with Gasteiger partial charge in [-0.15, -0.1) is 0 Å². The molecule has 1 rings (SSSR count). The fraction of sp³-hybridized carbons (Fsp3) is 0.706. The van der Waals surface area contributed by atoms with Crippen molar-refractivity contribution in [1.82, 2.24) is 10.3 Å². The molecular formula is C17H30N2. The maximum absolute atomic E-state index is 4.57. The topological polar surface area (TPSA) is 24.9 Å². The minimum Gasteiger partial charge on any atom is -0.312 e. The van der Waals surface area contributed by atoms with E-state index >= 15 is 0 Å². The van der Waals surface area contributed by atoms with E-state index in [0.717, 1.165) is 13.0 Å². The Labute approximate surface area is 119 Å². The molecule has 0 fully saturated rings. The van der Waals surface area contributed by atoms with Crippen molar-refractivity contribution < 1.29 is 0 Å². The van der Waals surface area contributed by atoms with Crippen molar-refractivity contribution >= 4 is 0 Å². The predicted molar refractivity (Wildman–Crippen MR) is 83.6 cm³/mol. The van der Waals surface area contributed by atoms with Gasteiger partial charge in [0.05, 0.1) is 0 Å². The number of nitrogens with zero attached hydrogens (tertiary/aromatic N) is 1. The molecule has 0 aliphatic rings. The van der Waals surface area contributed by atoms with E-state index in [0.29, 0.717) is 0 Å². The zero-order valence-electron chi connectivity index (χ0n) is 13.5. The van der Waals surface area contributed by atoms with Crippen LogP contribution in [0.5, 0.6) is 0 Å². The van der Waals surface area contributed by atoms with E-state index in [1.807, 2.05) is 6.20 Å². The first-order chi connectivity index (χ1) is 8.68. The lowest BCUT2D eigenvalue weighted by atomic mass is 9.91. The number of rotatable bonds is 5. The van der Waals surface area contributed by atoms with E-state index in [2.05, 4.69) is 64.0 Å². The summed E-state index contributed by atoms with van der Waals surface area (Å²) in [7, 11) is 0. The van der Waals surface area contributed by atoms with Gasteiger partial charge in [0.15, 0.2) is 0 Å². The highest BCUT2D eigenvalue weighted by atomic mass is 14.9. The zero-order chi connectivity index (χ0) is 14.5. The molecule has 0 radical (unpaired) electrons. The van der Waals surface area contributed by atoms with Gasteiger partial charge >= 0.3 is 0 Å². The molecule has 1 N–H and O–H groups in total. The van der Waals surface area contributed by atoms with Crippen molar-refractivity contribution in [1.29, 1.82) is 0 Å². The van der Waals surface area contributed by atoms with Crippen molar-refractivity contribution in [2.75, 3.05) is 6.54 Å². The van der Waals surface area contributed by atoms with Gasteiger partial charge in [0, 0.05) is 22.8 Å². The van der Waals surface area contributed by atoms with Gasteiger partial charge in [0.1, 0.15) is 0 Å². The summed E-state index contributed by atoms with van der Waals surface area (Å²) in [6.07, 6.45) is 5.61. The lowest BCUT2D eigenvalue weighted by molar-refractivity contribution is 0.419. The molecule has 0 bridgehead atoms. The Bertz CT molecular complexity index is 366. The van der Waals surface area contributed by atoms with Gasteiger partial charge in [0.25, 0.3) is 0 Å². The van der Waals surface area contributed by atoms with E-state index in [1.54, 1.807) is 0 Å². The second-order valence-corrected chi connectivity index (χ2v) is 7.44. The first-order valence-corrected chi connectivity index (χ1v) is 7.39. The molecule has 2 nitrogen and oxygen atoms in total. The maximum Gasteiger partial charge on any atom is 0.0457 e. The van der Waals surface area contributed by atoms with Crippen LogP contribution in [0.4, 0.5) is 0 Å². The van der Waals surface area contributed by atoms with Gasteiger partial charge in [-0.05, 0) is 58.2 Å². The van der Waals surface area contributed by atoms with Crippen molar-refractivity contribution in [3.05, 3.63) is 29.6 Å². The molecule has 0 atom stereocenters. The summed E-state index contributed by atoms with van der Waals surface area (Å²) >= 11 is 0. The fourth-order valence-electron chi connectivity index (χ4n) is 1.93. The highest BCUT2D eigenvalue weighted by molar-refractivity contribution is 5.19. The third kappa shape index (κ3) is 6.72. The van der Waals surface area contributed by atoms with Crippen molar-refractivity contribution in [3.63, 3.8) is 0 Å². The number of unbranched alkanes of at least 4 members (excludes halogenated alkanes) is 1. The molecule has 0 unspecified atom stereocenters. The summed E-state index contributed by atoms with van der Waals surface area (Å²) in [5.74, 6) is 0. The van der Waals surface area contributed by atoms with E-state index in [1.165, 1.54) is 24.1 Å². The number of nitrogens with one attached hydrogen (secondary N) is 1. The highest BCUT2D eigenvalue weighted by Crippen LogP contribution is 2.19. The van der Waals surface area contributed by atoms with Gasteiger partial charge in [-0.1, -0.05) is 26.8 Å². The van der Waals surface area contributed by atoms with Crippen LogP contribution >= 0.6 is 0 Å². The van der Waals surface area contributed by atoms with Crippen LogP contribution < -0.4 is 5.32 Å². The summed E-state index contributed by atoms with van der Waals surface area (Å²) in [6, 6.07) is 4.40. The minimum absolute atomic E-state index is 0.148. The summed E-state index contributed by atoms with van der Waals surface area (Å²) in [6.45, 7) is 14.3. The first-order valence-electron chi connectivity index (χ1n) is 7.39. The van der Waals surface area contributed by atoms with Crippen LogP contribution in [0, 0.1) is 0 Å². The summed E-state index contributed by atoms with van der Waals surface area (Å²) < 4.78 is 0. The molecule has 108 valence electrons. The Kier molecular flexibility index (Phi) is 5.54. The lowest BCUT2D eigenvalue weighted by Gasteiger charge is -2.20. The third-order valence-electron chi connectivity index (χ3n) is 3.14. The largest absolute Gasteiger partial charge is 0.312 e. The Hall–Kier alpha value is -0.890. The van der Waals surface area contributed by atoms with Crippen LogP contribution in [0.1, 0.15) is 65.6 Å². The van der Waals surface area contributed by atoms with Crippen LogP contribution in [0.25, 0.3) is 0 Å². The zero-order valence-corrected chi connectivity index (χ0v) is 13.5. The average Bonchev–Trinajstić information content (AvgIpc) is 2.26. The van der Waals surface area contributed by atoms with Gasteiger partial charge in [-0.2, -0.15) is 0 Å². The van der Waals surface area contributed by atoms with Crippen LogP contribution in [0.2, 0.25) is 0 Å². The second-order valence-electron chi connectivity index (χ2n) is 7.44. The molecule has 0 aliphatic heterocycles. The van der Waals surface area contributed by atoms with E-state index in [4.69, 9.17) is 0 Å². The molecular weight excluding hydrogens is 232 g/mol. The SMILES string of the molecule is CC(C)(C)NCCCCc1ccc(C(C)(C)C)nc1. The summed E-state index contributed by atoms with van der Waals surface area (Å²) in [5, 5.41) is 3.52. The van der Waals surface area contributed by atoms with Crippen LogP contribution in [0.3, 0.4) is 0 Å². The molecule has 1 aromatic heterocycles. The van der Waals surface area contributed by atoms with E-state index in [9.17, 15) is 0 Å². The number of aromatic nitrogens is 1. The second kappa shape index (κ2) is 6.51. The molecule has 0 aromatic carbocycles. The normalized spacial score (nSPS) is 12.7. The number of hydrogen-bond acceptors (Lipinski definition) is 2. The van der Waals surface area contributed by atoms with Crippen molar-refractivity contribution in [2.45, 2.75) is 71.8 Å². The van der Waals surface area contributed by atoms with Gasteiger partial charge in [-0.3, -0.25) is 4.98 Å². The van der Waals surface area contributed by atoms with Crippen LogP contribution in [0.15, 0.2) is 18.3 Å². The molecule has 0 spiro atoms. The quantitative estimate of drug-likeness (QED) is 0.808. The molecule has 19 heavy (non-hydrogen) atoms. The Balaban J connectivity index is 2.31. The minimum atomic E-state index is 0.148. The Morgan fingerprint density at radius 3 is 2.16 bits per heavy atom. The van der Waals surface area contributed by atoms with Crippen LogP contribution in [-0.4, -0.2) is 17.1 Å². The van der Waals surface area contributed by atoms with Crippen molar-refractivity contribution in [3.8, 4) is 0 Å². The fourth-order valence-corrected chi connectivity index (χ4v) is 1.93. The molecule has 0 saturated carbocycles. The average molecular weight is 262 g/mol. The highest BCUT2D eigenvalue weighted by Gasteiger charge is 2.14. The predicted octanol–water partition coefficient (Wildman–Crippen LogP) is 4.09. The van der Waals surface area contributed by atoms with E-state index < -0.39 is 0 Å². The number of aryl methyl sites for hydroxylation is 1. The Morgan fingerprint density at radius 2 is 1.68 bits per heavy atom. The van der Waals surface area contributed by atoms with Crippen LogP contribution in [-0.2, 0) is 11.8 Å². The molecule has 0 aliphatic carbocycles. The molecule has 0 amide bonds. The van der Waals surface area contributed by atoms with E-state index in [-0.39, 0.29) is 11.0 Å². The maximum atomic E-state index is 4.57. The molecule has 1 heterocycles. The summed E-state index contributed by atoms with van der Waals surface area (Å²) in [4.78, 5) is 4.57.